The number of rotatable bonds is 2. The van der Waals surface area contributed by atoms with Crippen LogP contribution in [0, 0.1) is 17.3 Å². The monoisotopic (exact) mass is 253 g/mol. The van der Waals surface area contributed by atoms with Gasteiger partial charge in [0.15, 0.2) is 0 Å². The molecule has 0 aromatic rings. The van der Waals surface area contributed by atoms with Crippen molar-refractivity contribution in [3.8, 4) is 0 Å². The van der Waals surface area contributed by atoms with Gasteiger partial charge < -0.3 is 10.0 Å². The third-order valence-corrected chi connectivity index (χ3v) is 5.22. The lowest BCUT2D eigenvalue weighted by molar-refractivity contribution is -0.00941. The summed E-state index contributed by atoms with van der Waals surface area (Å²) in [4.78, 5) is 2.62. The summed E-state index contributed by atoms with van der Waals surface area (Å²) in [5.74, 6) is 1.37. The van der Waals surface area contributed by atoms with Crippen LogP contribution in [-0.4, -0.2) is 35.2 Å². The first-order valence-electron chi connectivity index (χ1n) is 7.79. The van der Waals surface area contributed by atoms with Crippen molar-refractivity contribution in [1.82, 2.24) is 4.90 Å². The predicted molar refractivity (Wildman–Crippen MR) is 76.6 cm³/mol. The zero-order valence-electron chi connectivity index (χ0n) is 12.7. The van der Waals surface area contributed by atoms with Gasteiger partial charge in [0.1, 0.15) is 0 Å². The topological polar surface area (TPSA) is 23.5 Å². The second kappa shape index (κ2) is 5.50. The van der Waals surface area contributed by atoms with Crippen LogP contribution in [0.15, 0.2) is 0 Å². The molecule has 1 N–H and O–H groups in total. The van der Waals surface area contributed by atoms with Crippen molar-refractivity contribution < 1.29 is 5.11 Å². The number of hydrogen-bond donors (Lipinski definition) is 1. The Labute approximate surface area is 113 Å². The van der Waals surface area contributed by atoms with Crippen LogP contribution in [0.1, 0.15) is 59.8 Å². The first kappa shape index (κ1) is 14.3. The van der Waals surface area contributed by atoms with Crippen molar-refractivity contribution in [2.24, 2.45) is 17.3 Å². The number of nitrogens with zero attached hydrogens (tertiary/aromatic N) is 1. The molecule has 0 aromatic heterocycles. The van der Waals surface area contributed by atoms with Gasteiger partial charge >= 0.3 is 0 Å². The summed E-state index contributed by atoms with van der Waals surface area (Å²) in [5, 5.41) is 10.2. The quantitative estimate of drug-likeness (QED) is 0.816. The zero-order valence-corrected chi connectivity index (χ0v) is 12.7. The molecular weight excluding hydrogens is 222 g/mol. The molecule has 2 heteroatoms. The van der Waals surface area contributed by atoms with Crippen molar-refractivity contribution in [3.05, 3.63) is 0 Å². The molecule has 1 heterocycles. The molecule has 1 aliphatic carbocycles. The van der Waals surface area contributed by atoms with Crippen LogP contribution in [0.25, 0.3) is 0 Å². The van der Waals surface area contributed by atoms with Crippen LogP contribution < -0.4 is 0 Å². The maximum atomic E-state index is 10.2. The number of piperidine rings is 1. The maximum Gasteiger partial charge on any atom is 0.0581 e. The lowest BCUT2D eigenvalue weighted by atomic mass is 9.70. The van der Waals surface area contributed by atoms with Gasteiger partial charge in [-0.15, -0.1) is 0 Å². The third-order valence-electron chi connectivity index (χ3n) is 5.22. The standard InChI is InChI=1S/C16H31NO/c1-12-6-8-17(13(2)9-12)11-14-10-16(3,4)7-5-15(14)18/h12-15,18H,5-11H2,1-4H3. The Hall–Kier alpha value is -0.0800. The fourth-order valence-electron chi connectivity index (χ4n) is 3.94. The molecule has 0 spiro atoms. The highest BCUT2D eigenvalue weighted by molar-refractivity contribution is 4.88. The van der Waals surface area contributed by atoms with Crippen LogP contribution in [-0.2, 0) is 0 Å². The van der Waals surface area contributed by atoms with Gasteiger partial charge in [-0.25, -0.2) is 0 Å². The van der Waals surface area contributed by atoms with Gasteiger partial charge in [0.25, 0.3) is 0 Å². The minimum atomic E-state index is -0.0652. The molecule has 0 aromatic carbocycles. The number of aliphatic hydroxyl groups excluding tert-OH is 1. The van der Waals surface area contributed by atoms with Crippen molar-refractivity contribution in [2.45, 2.75) is 71.9 Å². The molecule has 2 rings (SSSR count). The first-order valence-corrected chi connectivity index (χ1v) is 7.79. The molecule has 0 amide bonds. The molecule has 1 aliphatic heterocycles. The highest BCUT2D eigenvalue weighted by Crippen LogP contribution is 2.39. The van der Waals surface area contributed by atoms with Crippen molar-refractivity contribution in [2.75, 3.05) is 13.1 Å². The van der Waals surface area contributed by atoms with Gasteiger partial charge in [-0.2, -0.15) is 0 Å². The van der Waals surface area contributed by atoms with E-state index in [2.05, 4.69) is 32.6 Å². The molecule has 4 atom stereocenters. The number of aliphatic hydroxyl groups is 1. The molecule has 2 aliphatic rings. The Bertz CT molecular complexity index is 276. The van der Waals surface area contributed by atoms with E-state index in [1.165, 1.54) is 32.2 Å². The van der Waals surface area contributed by atoms with Gasteiger partial charge in [-0.3, -0.25) is 0 Å². The average Bonchev–Trinajstić information content (AvgIpc) is 2.27. The molecule has 1 saturated carbocycles. The molecular formula is C16H31NO. The summed E-state index contributed by atoms with van der Waals surface area (Å²) in [6.07, 6.45) is 5.95. The molecule has 0 radical (unpaired) electrons. The Balaban J connectivity index is 1.91. The molecule has 0 bridgehead atoms. The molecule has 106 valence electrons. The lowest BCUT2D eigenvalue weighted by Crippen LogP contribution is -2.47. The van der Waals surface area contributed by atoms with E-state index < -0.39 is 0 Å². The van der Waals surface area contributed by atoms with Crippen molar-refractivity contribution in [3.63, 3.8) is 0 Å². The summed E-state index contributed by atoms with van der Waals surface area (Å²) >= 11 is 0. The SMILES string of the molecule is CC1CCN(CC2CC(C)(C)CCC2O)C(C)C1. The van der Waals surface area contributed by atoms with Crippen molar-refractivity contribution in [1.29, 1.82) is 0 Å². The van der Waals surface area contributed by atoms with Crippen LogP contribution in [0.4, 0.5) is 0 Å². The van der Waals surface area contributed by atoms with E-state index in [0.29, 0.717) is 17.4 Å². The summed E-state index contributed by atoms with van der Waals surface area (Å²) in [6, 6.07) is 0.700. The second-order valence-corrected chi connectivity index (χ2v) is 7.71. The molecule has 1 saturated heterocycles. The average molecular weight is 253 g/mol. The van der Waals surface area contributed by atoms with Crippen LogP contribution in [0.3, 0.4) is 0 Å². The third kappa shape index (κ3) is 3.48. The fourth-order valence-corrected chi connectivity index (χ4v) is 3.94. The van der Waals surface area contributed by atoms with Crippen molar-refractivity contribution >= 4 is 0 Å². The largest absolute Gasteiger partial charge is 0.393 e. The summed E-state index contributed by atoms with van der Waals surface area (Å²) < 4.78 is 0. The van der Waals surface area contributed by atoms with Gasteiger partial charge in [-0.05, 0) is 62.8 Å². The zero-order chi connectivity index (χ0) is 13.3. The van der Waals surface area contributed by atoms with Crippen LogP contribution >= 0.6 is 0 Å². The minimum Gasteiger partial charge on any atom is -0.393 e. The van der Waals surface area contributed by atoms with E-state index in [1.54, 1.807) is 0 Å². The Kier molecular flexibility index (Phi) is 4.38. The van der Waals surface area contributed by atoms with Gasteiger partial charge in [-0.1, -0.05) is 20.8 Å². The number of likely N-dealkylation sites (tertiary alicyclic amines) is 1. The van der Waals surface area contributed by atoms with E-state index in [4.69, 9.17) is 0 Å². The fraction of sp³-hybridized carbons (Fsp3) is 1.00. The van der Waals surface area contributed by atoms with Gasteiger partial charge in [0, 0.05) is 12.6 Å². The Morgan fingerprint density at radius 1 is 1.22 bits per heavy atom. The highest BCUT2D eigenvalue weighted by atomic mass is 16.3. The van der Waals surface area contributed by atoms with E-state index in [0.717, 1.165) is 18.9 Å². The summed E-state index contributed by atoms with van der Waals surface area (Å²) in [7, 11) is 0. The molecule has 2 fully saturated rings. The first-order chi connectivity index (χ1) is 8.37. The van der Waals surface area contributed by atoms with E-state index in [1.807, 2.05) is 0 Å². The summed E-state index contributed by atoms with van der Waals surface area (Å²) in [6.45, 7) is 11.8. The van der Waals surface area contributed by atoms with Crippen LogP contribution in [0.2, 0.25) is 0 Å². The Morgan fingerprint density at radius 3 is 2.61 bits per heavy atom. The van der Waals surface area contributed by atoms with E-state index in [-0.39, 0.29) is 6.10 Å². The smallest absolute Gasteiger partial charge is 0.0581 e. The number of hydrogen-bond acceptors (Lipinski definition) is 2. The molecule has 18 heavy (non-hydrogen) atoms. The predicted octanol–water partition coefficient (Wildman–Crippen LogP) is 3.29. The minimum absolute atomic E-state index is 0.0652. The Morgan fingerprint density at radius 2 is 1.94 bits per heavy atom. The van der Waals surface area contributed by atoms with Gasteiger partial charge in [0.2, 0.25) is 0 Å². The van der Waals surface area contributed by atoms with E-state index in [9.17, 15) is 5.11 Å². The normalized spacial score (nSPS) is 41.8. The molecule has 2 nitrogen and oxygen atoms in total. The highest BCUT2D eigenvalue weighted by Gasteiger charge is 2.36. The second-order valence-electron chi connectivity index (χ2n) is 7.71. The maximum absolute atomic E-state index is 10.2. The van der Waals surface area contributed by atoms with Crippen LogP contribution in [0.5, 0.6) is 0 Å². The molecule has 4 unspecified atom stereocenters. The van der Waals surface area contributed by atoms with E-state index >= 15 is 0 Å². The van der Waals surface area contributed by atoms with Gasteiger partial charge in [0.05, 0.1) is 6.10 Å². The lowest BCUT2D eigenvalue weighted by Gasteiger charge is -2.44. The summed E-state index contributed by atoms with van der Waals surface area (Å²) in [5.41, 5.74) is 0.427.